The van der Waals surface area contributed by atoms with Crippen molar-refractivity contribution in [1.82, 2.24) is 5.32 Å². The minimum Gasteiger partial charge on any atom is -0.481 e. The predicted octanol–water partition coefficient (Wildman–Crippen LogP) is 3.59. The maximum atomic E-state index is 11.1. The Morgan fingerprint density at radius 1 is 1.20 bits per heavy atom. The molecule has 2 N–H and O–H groups in total. The minimum atomic E-state index is -0.698. The SMILES string of the molecule is CSc1cc(C2CC(C(=O)O)CN2)cc(SC)c1SC. The molecule has 1 aliphatic heterocycles. The summed E-state index contributed by atoms with van der Waals surface area (Å²) in [7, 11) is 0. The van der Waals surface area contributed by atoms with Crippen LogP contribution in [0.5, 0.6) is 0 Å². The summed E-state index contributed by atoms with van der Waals surface area (Å²) in [6, 6.07) is 4.57. The van der Waals surface area contributed by atoms with Gasteiger partial charge in [-0.25, -0.2) is 0 Å². The quantitative estimate of drug-likeness (QED) is 0.805. The summed E-state index contributed by atoms with van der Waals surface area (Å²) in [5.74, 6) is -0.966. The van der Waals surface area contributed by atoms with Crippen LogP contribution in [0, 0.1) is 5.92 Å². The van der Waals surface area contributed by atoms with Gasteiger partial charge in [-0.1, -0.05) is 0 Å². The van der Waals surface area contributed by atoms with Crippen LogP contribution in [0.25, 0.3) is 0 Å². The van der Waals surface area contributed by atoms with Crippen LogP contribution in [-0.4, -0.2) is 36.4 Å². The fourth-order valence-corrected chi connectivity index (χ4v) is 5.16. The monoisotopic (exact) mass is 329 g/mol. The number of aliphatic carboxylic acids is 1. The number of carbonyl (C=O) groups is 1. The van der Waals surface area contributed by atoms with Gasteiger partial charge in [0, 0.05) is 27.3 Å². The van der Waals surface area contributed by atoms with Crippen LogP contribution >= 0.6 is 35.3 Å². The average Bonchev–Trinajstić information content (AvgIpc) is 2.95. The van der Waals surface area contributed by atoms with E-state index in [9.17, 15) is 4.79 Å². The molecule has 0 amide bonds. The number of carboxylic acids is 1. The molecule has 1 fully saturated rings. The molecular weight excluding hydrogens is 310 g/mol. The molecule has 1 aliphatic rings. The summed E-state index contributed by atoms with van der Waals surface area (Å²) in [5.41, 5.74) is 1.21. The van der Waals surface area contributed by atoms with Crippen LogP contribution in [-0.2, 0) is 4.79 Å². The van der Waals surface area contributed by atoms with E-state index < -0.39 is 5.97 Å². The lowest BCUT2D eigenvalue weighted by molar-refractivity contribution is -0.141. The Balaban J connectivity index is 2.31. The van der Waals surface area contributed by atoms with Gasteiger partial charge in [0.25, 0.3) is 0 Å². The zero-order valence-corrected chi connectivity index (χ0v) is 14.3. The van der Waals surface area contributed by atoms with E-state index in [1.807, 2.05) is 0 Å². The zero-order valence-electron chi connectivity index (χ0n) is 11.8. The van der Waals surface area contributed by atoms with Crippen molar-refractivity contribution in [2.45, 2.75) is 27.1 Å². The largest absolute Gasteiger partial charge is 0.481 e. The van der Waals surface area contributed by atoms with Crippen molar-refractivity contribution < 1.29 is 9.90 Å². The van der Waals surface area contributed by atoms with Gasteiger partial charge in [-0.15, -0.1) is 35.3 Å². The first-order chi connectivity index (χ1) is 9.60. The van der Waals surface area contributed by atoms with Gasteiger partial charge in [0.05, 0.1) is 5.92 Å². The molecule has 1 saturated heterocycles. The molecule has 110 valence electrons. The Labute approximate surface area is 132 Å². The Kier molecular flexibility index (Phi) is 5.72. The summed E-state index contributed by atoms with van der Waals surface area (Å²) in [6.45, 7) is 0.563. The van der Waals surface area contributed by atoms with E-state index in [0.29, 0.717) is 13.0 Å². The van der Waals surface area contributed by atoms with Gasteiger partial charge in [-0.05, 0) is 42.9 Å². The highest BCUT2D eigenvalue weighted by atomic mass is 32.2. The second-order valence-corrected chi connectivity index (χ2v) is 7.20. The lowest BCUT2D eigenvalue weighted by Crippen LogP contribution is -2.17. The standard InChI is InChI=1S/C14H19NO2S3/c1-18-11-5-8(6-12(19-2)13(11)20-3)10-4-9(7-15-10)14(16)17/h5-6,9-10,15H,4,7H2,1-3H3,(H,16,17). The molecule has 1 aromatic rings. The smallest absolute Gasteiger partial charge is 0.307 e. The Hall–Kier alpha value is -0.300. The van der Waals surface area contributed by atoms with E-state index in [1.165, 1.54) is 20.2 Å². The van der Waals surface area contributed by atoms with E-state index in [2.05, 4.69) is 36.2 Å². The molecule has 2 atom stereocenters. The molecule has 3 nitrogen and oxygen atoms in total. The third kappa shape index (κ3) is 3.30. The normalized spacial score (nSPS) is 22.1. The lowest BCUT2D eigenvalue weighted by atomic mass is 10.0. The van der Waals surface area contributed by atoms with Crippen molar-refractivity contribution in [2.75, 3.05) is 25.3 Å². The number of rotatable bonds is 5. The first-order valence-electron chi connectivity index (χ1n) is 6.36. The van der Waals surface area contributed by atoms with Crippen LogP contribution in [0.15, 0.2) is 26.8 Å². The zero-order chi connectivity index (χ0) is 14.7. The number of nitrogens with one attached hydrogen (secondary N) is 1. The molecule has 0 spiro atoms. The van der Waals surface area contributed by atoms with Crippen LogP contribution < -0.4 is 5.32 Å². The highest BCUT2D eigenvalue weighted by Gasteiger charge is 2.30. The summed E-state index contributed by atoms with van der Waals surface area (Å²) in [6.07, 6.45) is 6.95. The van der Waals surface area contributed by atoms with E-state index in [0.717, 1.165) is 0 Å². The van der Waals surface area contributed by atoms with Gasteiger partial charge in [-0.2, -0.15) is 0 Å². The second-order valence-electron chi connectivity index (χ2n) is 4.69. The fraction of sp³-hybridized carbons (Fsp3) is 0.500. The van der Waals surface area contributed by atoms with E-state index in [-0.39, 0.29) is 12.0 Å². The molecule has 0 bridgehead atoms. The molecule has 2 unspecified atom stereocenters. The van der Waals surface area contributed by atoms with Crippen molar-refractivity contribution in [2.24, 2.45) is 5.92 Å². The van der Waals surface area contributed by atoms with Crippen molar-refractivity contribution in [1.29, 1.82) is 0 Å². The molecular formula is C14H19NO2S3. The number of hydrogen-bond donors (Lipinski definition) is 2. The average molecular weight is 330 g/mol. The lowest BCUT2D eigenvalue weighted by Gasteiger charge is -2.17. The molecule has 0 aliphatic carbocycles. The second kappa shape index (κ2) is 7.11. The van der Waals surface area contributed by atoms with Gasteiger partial charge >= 0.3 is 5.97 Å². The van der Waals surface area contributed by atoms with Gasteiger partial charge in [-0.3, -0.25) is 4.79 Å². The first-order valence-corrected chi connectivity index (χ1v) is 10.0. The maximum Gasteiger partial charge on any atom is 0.307 e. The van der Waals surface area contributed by atoms with Crippen LogP contribution in [0.3, 0.4) is 0 Å². The van der Waals surface area contributed by atoms with E-state index >= 15 is 0 Å². The third-order valence-corrected chi connectivity index (χ3v) is 6.20. The fourth-order valence-electron chi connectivity index (χ4n) is 2.48. The van der Waals surface area contributed by atoms with Gasteiger partial charge in [0.15, 0.2) is 0 Å². The van der Waals surface area contributed by atoms with Gasteiger partial charge in [0.1, 0.15) is 0 Å². The third-order valence-electron chi connectivity index (χ3n) is 3.57. The topological polar surface area (TPSA) is 49.3 Å². The van der Waals surface area contributed by atoms with Crippen molar-refractivity contribution >= 4 is 41.3 Å². The number of carboxylic acid groups (broad SMARTS) is 1. The van der Waals surface area contributed by atoms with Crippen molar-refractivity contribution in [3.63, 3.8) is 0 Å². The van der Waals surface area contributed by atoms with E-state index in [1.54, 1.807) is 35.3 Å². The number of benzene rings is 1. The maximum absolute atomic E-state index is 11.1. The first kappa shape index (κ1) is 16.1. The van der Waals surface area contributed by atoms with Crippen LogP contribution in [0.1, 0.15) is 18.0 Å². The van der Waals surface area contributed by atoms with Crippen molar-refractivity contribution in [3.05, 3.63) is 17.7 Å². The summed E-state index contributed by atoms with van der Waals surface area (Å²) >= 11 is 5.27. The highest BCUT2D eigenvalue weighted by Crippen LogP contribution is 2.40. The van der Waals surface area contributed by atoms with Gasteiger partial charge in [0.2, 0.25) is 0 Å². The Morgan fingerprint density at radius 3 is 2.20 bits per heavy atom. The Morgan fingerprint density at radius 2 is 1.80 bits per heavy atom. The minimum absolute atomic E-state index is 0.156. The van der Waals surface area contributed by atoms with Crippen molar-refractivity contribution in [3.8, 4) is 0 Å². The molecule has 1 heterocycles. The highest BCUT2D eigenvalue weighted by molar-refractivity contribution is 8.03. The molecule has 0 aromatic heterocycles. The summed E-state index contributed by atoms with van der Waals surface area (Å²) in [5, 5.41) is 12.4. The predicted molar refractivity (Wildman–Crippen MR) is 88.3 cm³/mol. The Bertz CT molecular complexity index is 482. The molecule has 0 radical (unpaired) electrons. The molecule has 1 aromatic carbocycles. The van der Waals surface area contributed by atoms with Crippen LogP contribution in [0.4, 0.5) is 0 Å². The summed E-state index contributed by atoms with van der Waals surface area (Å²) < 4.78 is 0. The molecule has 6 heteroatoms. The molecule has 20 heavy (non-hydrogen) atoms. The summed E-state index contributed by atoms with van der Waals surface area (Å²) in [4.78, 5) is 14.9. The molecule has 2 rings (SSSR count). The molecule has 0 saturated carbocycles. The number of thioether (sulfide) groups is 3. The number of hydrogen-bond acceptors (Lipinski definition) is 5. The van der Waals surface area contributed by atoms with Crippen LogP contribution in [0.2, 0.25) is 0 Å². The van der Waals surface area contributed by atoms with E-state index in [4.69, 9.17) is 5.11 Å². The van der Waals surface area contributed by atoms with Gasteiger partial charge < -0.3 is 10.4 Å².